The molecular weight excluding hydrogens is 877 g/mol. The Morgan fingerprint density at radius 2 is 0.549 bits per heavy atom. The number of hydrogen-bond donors (Lipinski definition) is 0. The summed E-state index contributed by atoms with van der Waals surface area (Å²) in [5.41, 5.74) is 0. The lowest BCUT2D eigenvalue weighted by atomic mass is 10.0. The van der Waals surface area contributed by atoms with Gasteiger partial charge in [0.1, 0.15) is 13.2 Å². The summed E-state index contributed by atoms with van der Waals surface area (Å²) in [6.45, 7) is 6.47. The Morgan fingerprint density at radius 3 is 0.859 bits per heavy atom. The van der Waals surface area contributed by atoms with Crippen molar-refractivity contribution in [3.8, 4) is 0 Å². The van der Waals surface area contributed by atoms with E-state index >= 15 is 0 Å². The number of ether oxygens (including phenoxy) is 3. The highest BCUT2D eigenvalue weighted by molar-refractivity contribution is 5.71. The molecule has 1 unspecified atom stereocenters. The molecule has 0 aliphatic rings. The zero-order chi connectivity index (χ0) is 51.4. The quantitative estimate of drug-likeness (QED) is 0.0261. The molecule has 0 rings (SSSR count). The van der Waals surface area contributed by atoms with E-state index in [9.17, 15) is 14.4 Å². The van der Waals surface area contributed by atoms with Crippen molar-refractivity contribution in [1.82, 2.24) is 0 Å². The van der Waals surface area contributed by atoms with E-state index in [-0.39, 0.29) is 31.1 Å². The van der Waals surface area contributed by atoms with Crippen LogP contribution >= 0.6 is 0 Å². The van der Waals surface area contributed by atoms with Crippen molar-refractivity contribution in [3.63, 3.8) is 0 Å². The molecule has 0 saturated carbocycles. The van der Waals surface area contributed by atoms with Gasteiger partial charge in [0.05, 0.1) is 0 Å². The highest BCUT2D eigenvalue weighted by atomic mass is 16.6. The van der Waals surface area contributed by atoms with Crippen molar-refractivity contribution < 1.29 is 28.6 Å². The summed E-state index contributed by atoms with van der Waals surface area (Å²) in [6.07, 6.45) is 78.6. The van der Waals surface area contributed by atoms with Gasteiger partial charge in [-0.2, -0.15) is 0 Å². The summed E-state index contributed by atoms with van der Waals surface area (Å²) in [4.78, 5) is 37.9. The van der Waals surface area contributed by atoms with Crippen LogP contribution < -0.4 is 0 Å². The lowest BCUT2D eigenvalue weighted by Gasteiger charge is -2.18. The fraction of sp³-hybridized carbons (Fsp3) is 0.708. The molecule has 0 aromatic heterocycles. The summed E-state index contributed by atoms with van der Waals surface area (Å²) >= 11 is 0. The Labute approximate surface area is 438 Å². The zero-order valence-corrected chi connectivity index (χ0v) is 46.5. The number of rotatable bonds is 53. The van der Waals surface area contributed by atoms with Crippen molar-refractivity contribution >= 4 is 17.9 Å². The summed E-state index contributed by atoms with van der Waals surface area (Å²) in [5, 5.41) is 0. The molecule has 0 aromatic carbocycles. The van der Waals surface area contributed by atoms with Gasteiger partial charge in [0.25, 0.3) is 0 Å². The third-order valence-corrected chi connectivity index (χ3v) is 12.6. The van der Waals surface area contributed by atoms with Crippen LogP contribution in [0.5, 0.6) is 0 Å². The van der Waals surface area contributed by atoms with Crippen LogP contribution in [0.4, 0.5) is 0 Å². The molecule has 0 amide bonds. The molecule has 6 nitrogen and oxygen atoms in total. The monoisotopic (exact) mass is 987 g/mol. The number of hydrogen-bond acceptors (Lipinski definition) is 6. The van der Waals surface area contributed by atoms with Crippen molar-refractivity contribution in [2.75, 3.05) is 13.2 Å². The van der Waals surface area contributed by atoms with Gasteiger partial charge in [-0.25, -0.2) is 0 Å². The molecule has 0 aliphatic carbocycles. The first-order valence-electron chi connectivity index (χ1n) is 29.7. The number of carbonyl (C=O) groups excluding carboxylic acids is 3. The number of esters is 3. The number of carbonyl (C=O) groups is 3. The predicted octanol–water partition coefficient (Wildman–Crippen LogP) is 20.1. The minimum Gasteiger partial charge on any atom is -0.462 e. The standard InChI is InChI=1S/C65H110O6/c1-4-7-10-13-16-18-20-22-24-26-27-28-29-30-31-32-33-34-35-36-37-38-39-40-42-43-45-47-49-52-55-58-64(67)70-61-62(60-69-63(66)57-54-51-15-12-9-6-3)71-65(68)59-56-53-50-48-46-44-41-25-23-21-19-17-14-11-8-5-2/h7,10,16,18,22,24,27-28,30-31,33-34,36-37,39-40,62H,4-6,8-9,11-15,17,19-21,23,25-26,29,32,35,38,41-61H2,1-3H3/b10-7-,18-16-,24-22-,28-27-,31-30-,34-33-,37-36-,40-39-. The van der Waals surface area contributed by atoms with Crippen LogP contribution in [0.25, 0.3) is 0 Å². The molecule has 0 aliphatic heterocycles. The first-order valence-corrected chi connectivity index (χ1v) is 29.7. The second-order valence-corrected chi connectivity index (χ2v) is 19.5. The van der Waals surface area contributed by atoms with Crippen LogP contribution in [0.2, 0.25) is 0 Å². The van der Waals surface area contributed by atoms with Gasteiger partial charge in [0.15, 0.2) is 6.10 Å². The summed E-state index contributed by atoms with van der Waals surface area (Å²) in [6, 6.07) is 0. The van der Waals surface area contributed by atoms with Crippen molar-refractivity contribution in [2.24, 2.45) is 0 Å². The Kier molecular flexibility index (Phi) is 55.9. The molecular formula is C65H110O6. The van der Waals surface area contributed by atoms with E-state index in [1.165, 1.54) is 116 Å². The molecule has 0 spiro atoms. The highest BCUT2D eigenvalue weighted by Crippen LogP contribution is 2.16. The Balaban J connectivity index is 4.14. The molecule has 0 bridgehead atoms. The van der Waals surface area contributed by atoms with Gasteiger partial charge in [-0.1, -0.05) is 272 Å². The molecule has 0 radical (unpaired) electrons. The molecule has 71 heavy (non-hydrogen) atoms. The second-order valence-electron chi connectivity index (χ2n) is 19.5. The van der Waals surface area contributed by atoms with Gasteiger partial charge in [-0.05, 0) is 83.5 Å². The van der Waals surface area contributed by atoms with E-state index in [0.717, 1.165) is 122 Å². The first kappa shape index (κ1) is 67.3. The maximum absolute atomic E-state index is 12.8. The fourth-order valence-electron chi connectivity index (χ4n) is 8.16. The van der Waals surface area contributed by atoms with Gasteiger partial charge < -0.3 is 14.2 Å². The van der Waals surface area contributed by atoms with Crippen LogP contribution in [-0.4, -0.2) is 37.2 Å². The lowest BCUT2D eigenvalue weighted by molar-refractivity contribution is -0.167. The van der Waals surface area contributed by atoms with Crippen molar-refractivity contribution in [3.05, 3.63) is 97.2 Å². The Hall–Kier alpha value is -3.67. The number of allylic oxidation sites excluding steroid dienone is 16. The maximum atomic E-state index is 12.8. The summed E-state index contributed by atoms with van der Waals surface area (Å²) in [5.74, 6) is -0.899. The van der Waals surface area contributed by atoms with Gasteiger partial charge in [-0.15, -0.1) is 0 Å². The van der Waals surface area contributed by atoms with Crippen LogP contribution in [0.3, 0.4) is 0 Å². The van der Waals surface area contributed by atoms with Gasteiger partial charge in [0, 0.05) is 19.3 Å². The molecule has 6 heteroatoms. The third-order valence-electron chi connectivity index (χ3n) is 12.6. The SMILES string of the molecule is CC/C=C\C/C=C\C/C=C\C/C=C\C/C=C\C/C=C\C/C=C\C/C=C\CCCCCCCCC(=O)OCC(COC(=O)CCCCCCCC)OC(=O)CCCCCCCCCCCCCCCCCC. The first-order chi connectivity index (χ1) is 35.0. The number of unbranched alkanes of at least 4 members (excludes halogenated alkanes) is 26. The van der Waals surface area contributed by atoms with E-state index in [2.05, 4.69) is 118 Å². The van der Waals surface area contributed by atoms with Crippen LogP contribution in [-0.2, 0) is 28.6 Å². The van der Waals surface area contributed by atoms with Crippen LogP contribution in [0.15, 0.2) is 97.2 Å². The zero-order valence-electron chi connectivity index (χ0n) is 46.5. The minimum atomic E-state index is -0.778. The van der Waals surface area contributed by atoms with E-state index in [0.29, 0.717) is 19.3 Å². The van der Waals surface area contributed by atoms with Crippen molar-refractivity contribution in [1.29, 1.82) is 0 Å². The van der Waals surface area contributed by atoms with E-state index in [1.807, 2.05) is 0 Å². The predicted molar refractivity (Wildman–Crippen MR) is 307 cm³/mol. The van der Waals surface area contributed by atoms with E-state index < -0.39 is 6.10 Å². The normalized spacial score (nSPS) is 12.8. The largest absolute Gasteiger partial charge is 0.462 e. The average Bonchev–Trinajstić information content (AvgIpc) is 3.37. The lowest BCUT2D eigenvalue weighted by Crippen LogP contribution is -2.30. The van der Waals surface area contributed by atoms with Crippen LogP contribution in [0, 0.1) is 0 Å². The molecule has 0 saturated heterocycles. The molecule has 1 atom stereocenters. The second kappa shape index (κ2) is 58.9. The summed E-state index contributed by atoms with van der Waals surface area (Å²) < 4.78 is 16.8. The minimum absolute atomic E-state index is 0.0798. The third kappa shape index (κ3) is 57.1. The van der Waals surface area contributed by atoms with E-state index in [1.54, 1.807) is 0 Å². The molecule has 406 valence electrons. The summed E-state index contributed by atoms with van der Waals surface area (Å²) in [7, 11) is 0. The van der Waals surface area contributed by atoms with E-state index in [4.69, 9.17) is 14.2 Å². The van der Waals surface area contributed by atoms with Crippen LogP contribution in [0.1, 0.15) is 278 Å². The Morgan fingerprint density at radius 1 is 0.296 bits per heavy atom. The average molecular weight is 988 g/mol. The molecule has 0 heterocycles. The smallest absolute Gasteiger partial charge is 0.306 e. The van der Waals surface area contributed by atoms with Gasteiger partial charge in [0.2, 0.25) is 0 Å². The van der Waals surface area contributed by atoms with Gasteiger partial charge in [-0.3, -0.25) is 14.4 Å². The molecule has 0 fully saturated rings. The molecule has 0 N–H and O–H groups in total. The maximum Gasteiger partial charge on any atom is 0.306 e. The topological polar surface area (TPSA) is 78.9 Å². The highest BCUT2D eigenvalue weighted by Gasteiger charge is 2.19. The van der Waals surface area contributed by atoms with Crippen molar-refractivity contribution in [2.45, 2.75) is 284 Å². The fourth-order valence-corrected chi connectivity index (χ4v) is 8.16. The molecule has 0 aromatic rings. The van der Waals surface area contributed by atoms with Gasteiger partial charge >= 0.3 is 17.9 Å². The Bertz CT molecular complexity index is 1410.